The highest BCUT2D eigenvalue weighted by molar-refractivity contribution is 8.00. The fraction of sp³-hybridized carbons (Fsp3) is 0.158. The maximum Gasteiger partial charge on any atom is 0.277 e. The lowest BCUT2D eigenvalue weighted by Crippen LogP contribution is -2.22. The van der Waals surface area contributed by atoms with Crippen molar-refractivity contribution in [3.8, 4) is 11.5 Å². The minimum atomic E-state index is -0.450. The zero-order valence-corrected chi connectivity index (χ0v) is 16.7. The molecule has 0 bridgehead atoms. The highest BCUT2D eigenvalue weighted by atomic mass is 35.5. The van der Waals surface area contributed by atoms with Gasteiger partial charge in [0.25, 0.3) is 5.22 Å². The Labute approximate surface area is 170 Å². The largest absolute Gasteiger partial charge is 0.411 e. The van der Waals surface area contributed by atoms with E-state index in [9.17, 15) is 9.59 Å². The highest BCUT2D eigenvalue weighted by Gasteiger charge is 2.19. The Morgan fingerprint density at radius 3 is 2.21 bits per heavy atom. The van der Waals surface area contributed by atoms with Crippen LogP contribution in [0.1, 0.15) is 13.8 Å². The molecule has 2 N–H and O–H groups in total. The molecule has 1 aromatic heterocycles. The Kier molecular flexibility index (Phi) is 6.33. The van der Waals surface area contributed by atoms with E-state index in [1.54, 1.807) is 55.5 Å². The summed E-state index contributed by atoms with van der Waals surface area (Å²) in [4.78, 5) is 23.4. The number of hydrogen-bond donors (Lipinski definition) is 2. The molecule has 0 aliphatic heterocycles. The molecule has 0 saturated carbocycles. The van der Waals surface area contributed by atoms with E-state index in [1.807, 2.05) is 0 Å². The van der Waals surface area contributed by atoms with E-state index in [0.29, 0.717) is 27.5 Å². The molecule has 7 nitrogen and oxygen atoms in total. The van der Waals surface area contributed by atoms with Gasteiger partial charge in [0.1, 0.15) is 0 Å². The molecule has 0 spiro atoms. The number of thioether (sulfide) groups is 1. The first-order chi connectivity index (χ1) is 13.4. The fourth-order valence-corrected chi connectivity index (χ4v) is 3.06. The monoisotopic (exact) mass is 416 g/mol. The number of anilines is 2. The second-order valence-electron chi connectivity index (χ2n) is 5.89. The average molecular weight is 417 g/mol. The molecular formula is C19H17ClN4O3S. The Balaban J connectivity index is 1.58. The lowest BCUT2D eigenvalue weighted by Gasteiger charge is -2.10. The Bertz CT molecular complexity index is 974. The number of benzene rings is 2. The van der Waals surface area contributed by atoms with Gasteiger partial charge in [0.15, 0.2) is 0 Å². The number of carbonyl (C=O) groups excluding carboxylic acids is 2. The van der Waals surface area contributed by atoms with Crippen molar-refractivity contribution in [3.05, 3.63) is 53.6 Å². The summed E-state index contributed by atoms with van der Waals surface area (Å²) in [5.41, 5.74) is 2.03. The molecule has 0 aliphatic carbocycles. The van der Waals surface area contributed by atoms with Crippen LogP contribution >= 0.6 is 23.4 Å². The normalized spacial score (nSPS) is 11.7. The Morgan fingerprint density at radius 2 is 1.61 bits per heavy atom. The van der Waals surface area contributed by atoms with Crippen molar-refractivity contribution < 1.29 is 14.0 Å². The van der Waals surface area contributed by atoms with E-state index < -0.39 is 5.25 Å². The second kappa shape index (κ2) is 8.90. The number of carbonyl (C=O) groups is 2. The molecule has 9 heteroatoms. The number of nitrogens with zero attached hydrogens (tertiary/aromatic N) is 2. The molecule has 3 rings (SSSR count). The van der Waals surface area contributed by atoms with Crippen LogP contribution in [-0.4, -0.2) is 27.3 Å². The molecule has 2 amide bonds. The van der Waals surface area contributed by atoms with Crippen molar-refractivity contribution in [2.24, 2.45) is 0 Å². The molecule has 0 radical (unpaired) electrons. The van der Waals surface area contributed by atoms with Crippen LogP contribution in [-0.2, 0) is 9.59 Å². The number of nitrogens with one attached hydrogen (secondary N) is 2. The van der Waals surface area contributed by atoms with E-state index in [4.69, 9.17) is 16.0 Å². The molecule has 0 fully saturated rings. The molecule has 28 heavy (non-hydrogen) atoms. The van der Waals surface area contributed by atoms with E-state index >= 15 is 0 Å². The third-order valence-corrected chi connectivity index (χ3v) is 4.80. The molecular weight excluding hydrogens is 400 g/mol. The van der Waals surface area contributed by atoms with Gasteiger partial charge in [-0.1, -0.05) is 23.4 Å². The van der Waals surface area contributed by atoms with E-state index in [-0.39, 0.29) is 11.8 Å². The van der Waals surface area contributed by atoms with Gasteiger partial charge in [-0.15, -0.1) is 10.2 Å². The summed E-state index contributed by atoms with van der Waals surface area (Å²) in [5.74, 6) is 0.00295. The molecule has 2 aromatic carbocycles. The summed E-state index contributed by atoms with van der Waals surface area (Å²) in [6.07, 6.45) is 0. The Hall–Kier alpha value is -2.84. The van der Waals surface area contributed by atoms with E-state index in [1.165, 1.54) is 18.7 Å². The van der Waals surface area contributed by atoms with Crippen LogP contribution in [0.3, 0.4) is 0 Å². The topological polar surface area (TPSA) is 97.1 Å². The molecule has 144 valence electrons. The molecule has 1 atom stereocenters. The van der Waals surface area contributed by atoms with Crippen molar-refractivity contribution in [1.29, 1.82) is 0 Å². The summed E-state index contributed by atoms with van der Waals surface area (Å²) in [5, 5.41) is 13.9. The van der Waals surface area contributed by atoms with Gasteiger partial charge in [-0.25, -0.2) is 0 Å². The summed E-state index contributed by atoms with van der Waals surface area (Å²) in [6.45, 7) is 3.18. The summed E-state index contributed by atoms with van der Waals surface area (Å²) in [7, 11) is 0. The zero-order chi connectivity index (χ0) is 20.1. The van der Waals surface area contributed by atoms with Gasteiger partial charge in [-0.05, 0) is 55.5 Å². The quantitative estimate of drug-likeness (QED) is 0.575. The fourth-order valence-electron chi connectivity index (χ4n) is 2.26. The van der Waals surface area contributed by atoms with Gasteiger partial charge >= 0.3 is 0 Å². The van der Waals surface area contributed by atoms with Crippen molar-refractivity contribution in [2.75, 3.05) is 10.6 Å². The zero-order valence-electron chi connectivity index (χ0n) is 15.1. The van der Waals surface area contributed by atoms with Gasteiger partial charge in [0.05, 0.1) is 5.25 Å². The van der Waals surface area contributed by atoms with Crippen LogP contribution < -0.4 is 10.6 Å². The van der Waals surface area contributed by atoms with Crippen molar-refractivity contribution in [2.45, 2.75) is 24.3 Å². The van der Waals surface area contributed by atoms with Gasteiger partial charge in [0, 0.05) is 28.9 Å². The van der Waals surface area contributed by atoms with Gasteiger partial charge < -0.3 is 15.1 Å². The predicted molar refractivity (Wildman–Crippen MR) is 109 cm³/mol. The lowest BCUT2D eigenvalue weighted by atomic mass is 10.2. The first-order valence-electron chi connectivity index (χ1n) is 8.35. The molecule has 0 aliphatic rings. The minimum Gasteiger partial charge on any atom is -0.411 e. The smallest absolute Gasteiger partial charge is 0.277 e. The predicted octanol–water partition coefficient (Wildman–Crippen LogP) is 4.47. The first-order valence-corrected chi connectivity index (χ1v) is 9.61. The van der Waals surface area contributed by atoms with Gasteiger partial charge in [-0.2, -0.15) is 0 Å². The number of amides is 2. The van der Waals surface area contributed by atoms with Crippen LogP contribution in [0.4, 0.5) is 11.4 Å². The van der Waals surface area contributed by atoms with E-state index in [2.05, 4.69) is 20.8 Å². The van der Waals surface area contributed by atoms with Crippen LogP contribution in [0.25, 0.3) is 11.5 Å². The highest BCUT2D eigenvalue weighted by Crippen LogP contribution is 2.27. The number of aromatic nitrogens is 2. The first kappa shape index (κ1) is 19.9. The lowest BCUT2D eigenvalue weighted by molar-refractivity contribution is -0.115. The van der Waals surface area contributed by atoms with Crippen molar-refractivity contribution in [3.63, 3.8) is 0 Å². The Morgan fingerprint density at radius 1 is 1.00 bits per heavy atom. The number of hydrogen-bond acceptors (Lipinski definition) is 6. The molecule has 3 aromatic rings. The summed E-state index contributed by atoms with van der Waals surface area (Å²) < 4.78 is 5.61. The number of rotatable bonds is 6. The maximum absolute atomic E-state index is 12.4. The SMILES string of the molecule is CC(=O)Nc1ccc(NC(=O)[C@@H](C)Sc2nnc(-c3ccc(Cl)cc3)o2)cc1. The van der Waals surface area contributed by atoms with Crippen molar-refractivity contribution in [1.82, 2.24) is 10.2 Å². The maximum atomic E-state index is 12.4. The minimum absolute atomic E-state index is 0.153. The third kappa shape index (κ3) is 5.34. The van der Waals surface area contributed by atoms with Crippen LogP contribution in [0.5, 0.6) is 0 Å². The van der Waals surface area contributed by atoms with Crippen molar-refractivity contribution >= 4 is 46.6 Å². The van der Waals surface area contributed by atoms with Gasteiger partial charge in [0.2, 0.25) is 17.7 Å². The molecule has 0 unspecified atom stereocenters. The summed E-state index contributed by atoms with van der Waals surface area (Å²) >= 11 is 7.04. The van der Waals surface area contributed by atoms with Crippen LogP contribution in [0.15, 0.2) is 58.2 Å². The summed E-state index contributed by atoms with van der Waals surface area (Å²) in [6, 6.07) is 13.9. The second-order valence-corrected chi connectivity index (χ2v) is 7.62. The standard InChI is InChI=1S/C19H17ClN4O3S/c1-11(17(26)22-16-9-7-15(8-10-16)21-12(2)25)28-19-24-23-18(27-19)13-3-5-14(20)6-4-13/h3-11H,1-2H3,(H,21,25)(H,22,26)/t11-/m1/s1. The molecule has 1 heterocycles. The number of halogens is 1. The van der Waals surface area contributed by atoms with Crippen LogP contribution in [0.2, 0.25) is 5.02 Å². The third-order valence-electron chi connectivity index (χ3n) is 3.62. The van der Waals surface area contributed by atoms with Gasteiger partial charge in [-0.3, -0.25) is 9.59 Å². The average Bonchev–Trinajstić information content (AvgIpc) is 3.12. The van der Waals surface area contributed by atoms with Crippen LogP contribution in [0, 0.1) is 0 Å². The molecule has 0 saturated heterocycles. The van der Waals surface area contributed by atoms with E-state index in [0.717, 1.165) is 5.56 Å².